The number of hydrogen-bond acceptors (Lipinski definition) is 5. The number of nitrogens with zero attached hydrogens (tertiary/aromatic N) is 4. The van der Waals surface area contributed by atoms with Crippen molar-refractivity contribution in [3.63, 3.8) is 0 Å². The van der Waals surface area contributed by atoms with E-state index in [2.05, 4.69) is 45.8 Å². The highest BCUT2D eigenvalue weighted by molar-refractivity contribution is 7.99. The number of hydrogen-bond donors (Lipinski definition) is 0. The summed E-state index contributed by atoms with van der Waals surface area (Å²) in [6.07, 6.45) is 1.00. The predicted molar refractivity (Wildman–Crippen MR) is 130 cm³/mol. The van der Waals surface area contributed by atoms with E-state index in [0.29, 0.717) is 0 Å². The van der Waals surface area contributed by atoms with Gasteiger partial charge in [0.05, 0.1) is 11.4 Å². The highest BCUT2D eigenvalue weighted by atomic mass is 32.2. The van der Waals surface area contributed by atoms with Crippen molar-refractivity contribution in [2.75, 3.05) is 71.4 Å². The lowest BCUT2D eigenvalue weighted by Gasteiger charge is -2.36. The van der Waals surface area contributed by atoms with Gasteiger partial charge in [-0.25, -0.2) is 8.78 Å². The van der Waals surface area contributed by atoms with E-state index in [-0.39, 0.29) is 5.56 Å². The van der Waals surface area contributed by atoms with Crippen molar-refractivity contribution in [3.8, 4) is 0 Å². The van der Waals surface area contributed by atoms with Crippen molar-refractivity contribution in [1.29, 1.82) is 0 Å². The molecule has 0 radical (unpaired) electrons. The number of anilines is 2. The van der Waals surface area contributed by atoms with Gasteiger partial charge in [0.1, 0.15) is 0 Å². The van der Waals surface area contributed by atoms with Gasteiger partial charge in [-0.2, -0.15) is 0 Å². The van der Waals surface area contributed by atoms with Gasteiger partial charge in [0.15, 0.2) is 0 Å². The Kier molecular flexibility index (Phi) is 7.40. The predicted octanol–water partition coefficient (Wildman–Crippen LogP) is 4.97. The first-order chi connectivity index (χ1) is 15.3. The fraction of sp³-hybridized carbons (Fsp3) is 0.520. The van der Waals surface area contributed by atoms with Crippen molar-refractivity contribution >= 4 is 23.1 Å². The van der Waals surface area contributed by atoms with Crippen LogP contribution in [0.3, 0.4) is 0 Å². The summed E-state index contributed by atoms with van der Waals surface area (Å²) in [5.41, 5.74) is 2.10. The van der Waals surface area contributed by atoms with Crippen molar-refractivity contribution in [2.24, 2.45) is 0 Å². The Balaban J connectivity index is 1.40. The van der Waals surface area contributed by atoms with Crippen molar-refractivity contribution in [2.45, 2.75) is 29.1 Å². The zero-order chi connectivity index (χ0) is 22.7. The van der Waals surface area contributed by atoms with E-state index >= 15 is 0 Å². The molecule has 0 aromatic heterocycles. The summed E-state index contributed by atoms with van der Waals surface area (Å²) in [7, 11) is 4.24. The Hall–Kier alpha value is -1.67. The molecule has 2 aliphatic heterocycles. The topological polar surface area (TPSA) is 13.0 Å². The number of benzene rings is 2. The summed E-state index contributed by atoms with van der Waals surface area (Å²) in [6.45, 7) is 9.50. The zero-order valence-corrected chi connectivity index (χ0v) is 20.2. The molecule has 1 fully saturated rings. The molecule has 2 heterocycles. The molecule has 0 unspecified atom stereocenters. The first-order valence-electron chi connectivity index (χ1n) is 11.5. The van der Waals surface area contributed by atoms with Crippen molar-refractivity contribution in [3.05, 3.63) is 48.0 Å². The second-order valence-electron chi connectivity index (χ2n) is 9.13. The summed E-state index contributed by atoms with van der Waals surface area (Å²) < 4.78 is 28.1. The summed E-state index contributed by atoms with van der Waals surface area (Å²) in [5.74, 6) is -2.84. The molecule has 1 saturated heterocycles. The van der Waals surface area contributed by atoms with E-state index in [0.717, 1.165) is 82.0 Å². The molecule has 0 atom stereocenters. The molecule has 0 spiro atoms. The van der Waals surface area contributed by atoms with Gasteiger partial charge in [-0.15, -0.1) is 0 Å². The lowest BCUT2D eigenvalue weighted by Crippen LogP contribution is -2.48. The maximum Gasteiger partial charge on any atom is 0.270 e. The fourth-order valence-electron chi connectivity index (χ4n) is 4.37. The standard InChI is InChI=1S/C25H34F2N4S/c1-25(26,27)20-9-10-24-22(19-20)31(21-7-4-5-8-23(21)32-24)12-6-11-29-15-17-30(18-16-29)14-13-28(2)3/h4-5,7-10,19H,6,11-18H2,1-3H3. The third-order valence-corrected chi connectivity index (χ3v) is 7.45. The van der Waals surface area contributed by atoms with Crippen LogP contribution in [0.15, 0.2) is 52.3 Å². The van der Waals surface area contributed by atoms with Crippen LogP contribution < -0.4 is 4.90 Å². The minimum Gasteiger partial charge on any atom is -0.340 e. The number of para-hydroxylation sites is 1. The highest BCUT2D eigenvalue weighted by Crippen LogP contribution is 2.49. The minimum atomic E-state index is -2.84. The molecule has 32 heavy (non-hydrogen) atoms. The zero-order valence-electron chi connectivity index (χ0n) is 19.4. The van der Waals surface area contributed by atoms with Crippen LogP contribution in [0, 0.1) is 0 Å². The van der Waals surface area contributed by atoms with Crippen molar-refractivity contribution in [1.82, 2.24) is 14.7 Å². The van der Waals surface area contributed by atoms with E-state index in [1.54, 1.807) is 23.9 Å². The largest absolute Gasteiger partial charge is 0.340 e. The summed E-state index contributed by atoms with van der Waals surface area (Å²) in [5, 5.41) is 0. The Morgan fingerprint density at radius 1 is 0.875 bits per heavy atom. The van der Waals surface area contributed by atoms with Gasteiger partial charge in [-0.1, -0.05) is 30.0 Å². The van der Waals surface area contributed by atoms with Crippen LogP contribution in [0.5, 0.6) is 0 Å². The van der Waals surface area contributed by atoms with E-state index in [1.807, 2.05) is 18.2 Å². The average Bonchev–Trinajstić information content (AvgIpc) is 2.77. The first-order valence-corrected chi connectivity index (χ1v) is 12.3. The molecule has 2 aromatic carbocycles. The Bertz CT molecular complexity index is 907. The second kappa shape index (κ2) is 10.1. The highest BCUT2D eigenvalue weighted by Gasteiger charge is 2.29. The first kappa shape index (κ1) is 23.5. The summed E-state index contributed by atoms with van der Waals surface area (Å²) in [6, 6.07) is 13.4. The van der Waals surface area contributed by atoms with Gasteiger partial charge in [0.25, 0.3) is 5.92 Å². The van der Waals surface area contributed by atoms with Crippen LogP contribution in [-0.4, -0.2) is 81.2 Å². The van der Waals surface area contributed by atoms with E-state index < -0.39 is 5.92 Å². The lowest BCUT2D eigenvalue weighted by molar-refractivity contribution is 0.0174. The molecular weight excluding hydrogens is 426 g/mol. The van der Waals surface area contributed by atoms with E-state index in [9.17, 15) is 8.78 Å². The molecule has 0 N–H and O–H groups in total. The van der Waals surface area contributed by atoms with Crippen LogP contribution in [-0.2, 0) is 5.92 Å². The molecule has 0 aliphatic carbocycles. The van der Waals surface area contributed by atoms with Crippen LogP contribution in [0.1, 0.15) is 18.9 Å². The number of likely N-dealkylation sites (N-methyl/N-ethyl adjacent to an activating group) is 1. The quantitative estimate of drug-likeness (QED) is 0.550. The van der Waals surface area contributed by atoms with Gasteiger partial charge >= 0.3 is 0 Å². The Morgan fingerprint density at radius 2 is 1.53 bits per heavy atom. The van der Waals surface area contributed by atoms with Gasteiger partial charge in [-0.05, 0) is 51.3 Å². The van der Waals surface area contributed by atoms with E-state index in [4.69, 9.17) is 0 Å². The Morgan fingerprint density at radius 3 is 2.22 bits per heavy atom. The summed E-state index contributed by atoms with van der Waals surface area (Å²) >= 11 is 1.67. The number of alkyl halides is 2. The molecule has 2 aliphatic rings. The van der Waals surface area contributed by atoms with Crippen LogP contribution in [0.4, 0.5) is 20.2 Å². The maximum atomic E-state index is 14.0. The third kappa shape index (κ3) is 5.63. The SMILES string of the molecule is CN(C)CCN1CCN(CCCN2c3ccccc3Sc3ccc(C(C)(F)F)cc32)CC1. The smallest absolute Gasteiger partial charge is 0.270 e. The van der Waals surface area contributed by atoms with Crippen LogP contribution in [0.25, 0.3) is 0 Å². The Labute approximate surface area is 195 Å². The average molecular weight is 461 g/mol. The van der Waals surface area contributed by atoms with Crippen LogP contribution in [0.2, 0.25) is 0 Å². The minimum absolute atomic E-state index is 0.0788. The normalized spacial score (nSPS) is 17.5. The lowest BCUT2D eigenvalue weighted by atomic mass is 10.1. The molecule has 0 amide bonds. The fourth-order valence-corrected chi connectivity index (χ4v) is 5.45. The molecule has 4 rings (SSSR count). The molecule has 2 aromatic rings. The third-order valence-electron chi connectivity index (χ3n) is 6.32. The van der Waals surface area contributed by atoms with Crippen LogP contribution >= 0.6 is 11.8 Å². The van der Waals surface area contributed by atoms with Gasteiger partial charge in [0, 0.05) is 68.1 Å². The number of rotatable bonds is 8. The second-order valence-corrected chi connectivity index (χ2v) is 10.2. The molecular formula is C25H34F2N4S. The molecule has 174 valence electrons. The molecule has 0 saturated carbocycles. The monoisotopic (exact) mass is 460 g/mol. The van der Waals surface area contributed by atoms with Gasteiger partial charge < -0.3 is 14.7 Å². The number of fused-ring (bicyclic) bond motifs is 2. The van der Waals surface area contributed by atoms with Crippen molar-refractivity contribution < 1.29 is 8.78 Å². The maximum absolute atomic E-state index is 14.0. The van der Waals surface area contributed by atoms with E-state index in [1.165, 1.54) is 4.90 Å². The number of halogens is 2. The van der Waals surface area contributed by atoms with Gasteiger partial charge in [0.2, 0.25) is 0 Å². The molecule has 0 bridgehead atoms. The number of piperazine rings is 1. The summed E-state index contributed by atoms with van der Waals surface area (Å²) in [4.78, 5) is 11.8. The molecule has 7 heteroatoms. The van der Waals surface area contributed by atoms with Gasteiger partial charge in [-0.3, -0.25) is 4.90 Å². The molecule has 4 nitrogen and oxygen atoms in total.